The minimum absolute atomic E-state index is 0.0480. The van der Waals surface area contributed by atoms with Crippen molar-refractivity contribution in [1.29, 1.82) is 0 Å². The van der Waals surface area contributed by atoms with E-state index in [4.69, 9.17) is 14.2 Å². The van der Waals surface area contributed by atoms with Gasteiger partial charge in [-0.25, -0.2) is 0 Å². The zero-order valence-corrected chi connectivity index (χ0v) is 25.1. The fraction of sp³-hybridized carbons (Fsp3) is 0.353. The molecular formula is C34H40N2O6. The molecule has 1 heterocycles. The summed E-state index contributed by atoms with van der Waals surface area (Å²) in [6, 6.07) is 19.7. The number of hydrogen-bond acceptors (Lipinski definition) is 7. The number of ketones is 1. The van der Waals surface area contributed by atoms with Crippen LogP contribution >= 0.6 is 0 Å². The van der Waals surface area contributed by atoms with Crippen LogP contribution in [0.5, 0.6) is 17.2 Å². The maximum atomic E-state index is 13.6. The number of aryl methyl sites for hydroxylation is 1. The van der Waals surface area contributed by atoms with Gasteiger partial charge in [-0.1, -0.05) is 50.2 Å². The third-order valence-electron chi connectivity index (χ3n) is 7.60. The molecule has 0 bridgehead atoms. The standard InChI is InChI=1S/C34H40N2O6/c1-6-35(7-2)18-19-36-31(25-14-17-28(41-8-3)29(21-25)40-5)30(33(38)34(36)39)32(37)27-16-15-26(20-23(27)4)42-22-24-12-10-9-11-13-24/h9-17,20-21,31,37H,6-8,18-19,22H2,1-5H3/b32-30+. The van der Waals surface area contributed by atoms with E-state index in [0.717, 1.165) is 24.2 Å². The molecule has 1 unspecified atom stereocenters. The average molecular weight is 573 g/mol. The van der Waals surface area contributed by atoms with Crippen LogP contribution < -0.4 is 14.2 Å². The molecule has 8 heteroatoms. The first-order valence-corrected chi connectivity index (χ1v) is 14.4. The number of amides is 1. The van der Waals surface area contributed by atoms with Gasteiger partial charge in [0.15, 0.2) is 11.5 Å². The van der Waals surface area contributed by atoms with Gasteiger partial charge in [0.1, 0.15) is 18.1 Å². The highest BCUT2D eigenvalue weighted by Gasteiger charge is 2.46. The van der Waals surface area contributed by atoms with Gasteiger partial charge in [0.05, 0.1) is 25.3 Å². The lowest BCUT2D eigenvalue weighted by Gasteiger charge is -2.28. The molecule has 1 atom stereocenters. The maximum Gasteiger partial charge on any atom is 0.295 e. The molecule has 1 aliphatic rings. The second-order valence-corrected chi connectivity index (χ2v) is 10.1. The summed E-state index contributed by atoms with van der Waals surface area (Å²) >= 11 is 0. The molecule has 1 amide bonds. The van der Waals surface area contributed by atoms with Crippen LogP contribution in [0.2, 0.25) is 0 Å². The Bertz CT molecular complexity index is 1430. The zero-order chi connectivity index (χ0) is 30.2. The number of aliphatic hydroxyl groups is 1. The Kier molecular flexibility index (Phi) is 10.3. The Morgan fingerprint density at radius 2 is 1.67 bits per heavy atom. The van der Waals surface area contributed by atoms with Gasteiger partial charge in [-0.05, 0) is 74.0 Å². The van der Waals surface area contributed by atoms with E-state index in [0.29, 0.717) is 54.7 Å². The predicted octanol–water partition coefficient (Wildman–Crippen LogP) is 5.74. The molecule has 0 spiro atoms. The molecule has 0 aliphatic carbocycles. The Labute approximate surface area is 248 Å². The molecule has 1 aliphatic heterocycles. The van der Waals surface area contributed by atoms with Gasteiger partial charge in [-0.15, -0.1) is 0 Å². The molecule has 1 fully saturated rings. The van der Waals surface area contributed by atoms with Gasteiger partial charge in [0.25, 0.3) is 11.7 Å². The summed E-state index contributed by atoms with van der Waals surface area (Å²) in [5, 5.41) is 11.6. The van der Waals surface area contributed by atoms with Crippen molar-refractivity contribution >= 4 is 17.4 Å². The molecule has 1 N–H and O–H groups in total. The molecule has 42 heavy (non-hydrogen) atoms. The predicted molar refractivity (Wildman–Crippen MR) is 163 cm³/mol. The summed E-state index contributed by atoms with van der Waals surface area (Å²) in [4.78, 5) is 30.7. The zero-order valence-electron chi connectivity index (χ0n) is 25.1. The van der Waals surface area contributed by atoms with Crippen LogP contribution in [0, 0.1) is 6.92 Å². The van der Waals surface area contributed by atoms with Crippen molar-refractivity contribution in [3.63, 3.8) is 0 Å². The van der Waals surface area contributed by atoms with E-state index < -0.39 is 17.7 Å². The fourth-order valence-electron chi connectivity index (χ4n) is 5.25. The smallest absolute Gasteiger partial charge is 0.295 e. The molecule has 1 saturated heterocycles. The van der Waals surface area contributed by atoms with Crippen LogP contribution in [-0.2, 0) is 16.2 Å². The number of aliphatic hydroxyl groups excluding tert-OH is 1. The number of ether oxygens (including phenoxy) is 3. The Balaban J connectivity index is 1.74. The number of carbonyl (C=O) groups excluding carboxylic acids is 2. The van der Waals surface area contributed by atoms with Crippen LogP contribution in [0.15, 0.2) is 72.3 Å². The third-order valence-corrected chi connectivity index (χ3v) is 7.60. The maximum absolute atomic E-state index is 13.6. The second kappa shape index (κ2) is 14.0. The summed E-state index contributed by atoms with van der Waals surface area (Å²) < 4.78 is 17.2. The Morgan fingerprint density at radius 3 is 2.31 bits per heavy atom. The first-order valence-electron chi connectivity index (χ1n) is 14.4. The van der Waals surface area contributed by atoms with Crippen molar-refractivity contribution < 1.29 is 28.9 Å². The van der Waals surface area contributed by atoms with E-state index >= 15 is 0 Å². The molecule has 4 rings (SSSR count). The topological polar surface area (TPSA) is 88.5 Å². The van der Waals surface area contributed by atoms with E-state index in [2.05, 4.69) is 18.7 Å². The lowest BCUT2D eigenvalue weighted by molar-refractivity contribution is -0.140. The third kappa shape index (κ3) is 6.60. The molecule has 3 aromatic carbocycles. The number of likely N-dealkylation sites (N-methyl/N-ethyl adjacent to an activating group) is 1. The van der Waals surface area contributed by atoms with E-state index in [1.807, 2.05) is 56.3 Å². The number of nitrogens with zero attached hydrogens (tertiary/aromatic N) is 2. The van der Waals surface area contributed by atoms with Gasteiger partial charge in [0, 0.05) is 18.7 Å². The highest BCUT2D eigenvalue weighted by Crippen LogP contribution is 2.42. The minimum Gasteiger partial charge on any atom is -0.507 e. The number of Topliss-reactive ketones (excluding diaryl/α,β-unsaturated/α-hetero) is 1. The van der Waals surface area contributed by atoms with Gasteiger partial charge < -0.3 is 29.1 Å². The van der Waals surface area contributed by atoms with Crippen molar-refractivity contribution in [3.05, 3.63) is 94.6 Å². The first kappa shape index (κ1) is 30.7. The number of methoxy groups -OCH3 is 1. The summed E-state index contributed by atoms with van der Waals surface area (Å²) in [5.74, 6) is 0.116. The highest BCUT2D eigenvalue weighted by molar-refractivity contribution is 6.46. The monoisotopic (exact) mass is 572 g/mol. The van der Waals surface area contributed by atoms with Crippen LogP contribution in [0.25, 0.3) is 5.76 Å². The number of likely N-dealkylation sites (tertiary alicyclic amines) is 1. The summed E-state index contributed by atoms with van der Waals surface area (Å²) in [6.07, 6.45) is 0. The molecule has 3 aromatic rings. The molecule has 222 valence electrons. The summed E-state index contributed by atoms with van der Waals surface area (Å²) in [6.45, 7) is 11.3. The van der Waals surface area contributed by atoms with Crippen molar-refractivity contribution in [2.24, 2.45) is 0 Å². The molecular weight excluding hydrogens is 532 g/mol. The van der Waals surface area contributed by atoms with Gasteiger partial charge in [-0.2, -0.15) is 0 Å². The van der Waals surface area contributed by atoms with E-state index in [1.54, 1.807) is 36.3 Å². The van der Waals surface area contributed by atoms with Crippen LogP contribution in [0.3, 0.4) is 0 Å². The first-order chi connectivity index (χ1) is 20.3. The molecule has 0 radical (unpaired) electrons. The second-order valence-electron chi connectivity index (χ2n) is 10.1. The number of rotatable bonds is 13. The van der Waals surface area contributed by atoms with E-state index in [-0.39, 0.29) is 11.3 Å². The Hall–Kier alpha value is -4.30. The lowest BCUT2D eigenvalue weighted by Crippen LogP contribution is -2.38. The lowest BCUT2D eigenvalue weighted by atomic mass is 9.93. The van der Waals surface area contributed by atoms with Crippen LogP contribution in [-0.4, -0.2) is 66.5 Å². The van der Waals surface area contributed by atoms with Crippen molar-refractivity contribution in [2.75, 3.05) is 39.9 Å². The van der Waals surface area contributed by atoms with Crippen molar-refractivity contribution in [3.8, 4) is 17.2 Å². The van der Waals surface area contributed by atoms with E-state index in [9.17, 15) is 14.7 Å². The number of benzene rings is 3. The summed E-state index contributed by atoms with van der Waals surface area (Å²) in [7, 11) is 1.55. The van der Waals surface area contributed by atoms with Crippen LogP contribution in [0.4, 0.5) is 0 Å². The van der Waals surface area contributed by atoms with E-state index in [1.165, 1.54) is 0 Å². The Morgan fingerprint density at radius 1 is 0.929 bits per heavy atom. The van der Waals surface area contributed by atoms with Crippen molar-refractivity contribution in [1.82, 2.24) is 9.80 Å². The highest BCUT2D eigenvalue weighted by atomic mass is 16.5. The average Bonchev–Trinajstić information content (AvgIpc) is 3.26. The number of carbonyl (C=O) groups is 2. The van der Waals surface area contributed by atoms with Gasteiger partial charge >= 0.3 is 0 Å². The quantitative estimate of drug-likeness (QED) is 0.159. The molecule has 0 aromatic heterocycles. The van der Waals surface area contributed by atoms with Crippen molar-refractivity contribution in [2.45, 2.75) is 40.3 Å². The fourth-order valence-corrected chi connectivity index (χ4v) is 5.25. The molecule has 8 nitrogen and oxygen atoms in total. The summed E-state index contributed by atoms with van der Waals surface area (Å²) in [5.41, 5.74) is 2.92. The SMILES string of the molecule is CCOc1ccc(C2/C(=C(\O)c3ccc(OCc4ccccc4)cc3C)C(=O)C(=O)N2CCN(CC)CC)cc1OC. The normalized spacial score (nSPS) is 16.2. The minimum atomic E-state index is -0.793. The van der Waals surface area contributed by atoms with Crippen LogP contribution in [0.1, 0.15) is 49.1 Å². The van der Waals surface area contributed by atoms with Gasteiger partial charge in [-0.3, -0.25) is 9.59 Å². The molecule has 0 saturated carbocycles. The largest absolute Gasteiger partial charge is 0.507 e. The van der Waals surface area contributed by atoms with Gasteiger partial charge in [0.2, 0.25) is 0 Å². The number of hydrogen-bond donors (Lipinski definition) is 1.